The molecule has 2 aliphatic rings. The molecule has 4 nitrogen and oxygen atoms in total. The van der Waals surface area contributed by atoms with Crippen LogP contribution < -0.4 is 5.32 Å². The minimum absolute atomic E-state index is 0.685. The first-order valence-electron chi connectivity index (χ1n) is 6.46. The summed E-state index contributed by atoms with van der Waals surface area (Å²) >= 11 is 0. The molecule has 1 N–H and O–H groups in total. The van der Waals surface area contributed by atoms with Gasteiger partial charge in [0, 0.05) is 44.8 Å². The molecule has 2 unspecified atom stereocenters. The van der Waals surface area contributed by atoms with Gasteiger partial charge in [-0.25, -0.2) is 0 Å². The van der Waals surface area contributed by atoms with Crippen LogP contribution in [0, 0.1) is 0 Å². The lowest BCUT2D eigenvalue weighted by Crippen LogP contribution is -2.54. The molecule has 2 atom stereocenters. The second-order valence-corrected chi connectivity index (χ2v) is 5.55. The highest BCUT2D eigenvalue weighted by Gasteiger charge is 2.24. The van der Waals surface area contributed by atoms with Crippen LogP contribution in [0.4, 0.5) is 0 Å². The molecular weight excluding hydrogens is 200 g/mol. The maximum absolute atomic E-state index is 3.72. The number of rotatable bonds is 3. The summed E-state index contributed by atoms with van der Waals surface area (Å²) in [5, 5.41) is 3.72. The molecule has 2 heterocycles. The highest BCUT2D eigenvalue weighted by molar-refractivity contribution is 4.84. The summed E-state index contributed by atoms with van der Waals surface area (Å²) in [4.78, 5) is 7.34. The van der Waals surface area contributed by atoms with Crippen LogP contribution in [0.2, 0.25) is 0 Å². The van der Waals surface area contributed by atoms with E-state index in [1.165, 1.54) is 39.1 Å². The van der Waals surface area contributed by atoms with Crippen molar-refractivity contribution in [3.63, 3.8) is 0 Å². The summed E-state index contributed by atoms with van der Waals surface area (Å²) in [6.07, 6.45) is 1.31. The molecule has 94 valence electrons. The van der Waals surface area contributed by atoms with E-state index in [2.05, 4.69) is 41.2 Å². The second-order valence-electron chi connectivity index (χ2n) is 5.55. The Morgan fingerprint density at radius 2 is 1.75 bits per heavy atom. The molecule has 2 saturated heterocycles. The van der Waals surface area contributed by atoms with Crippen molar-refractivity contribution in [3.8, 4) is 0 Å². The lowest BCUT2D eigenvalue weighted by Gasteiger charge is -2.38. The molecule has 4 heteroatoms. The van der Waals surface area contributed by atoms with E-state index in [1.54, 1.807) is 0 Å². The number of likely N-dealkylation sites (N-methyl/N-ethyl adjacent to an activating group) is 3. The molecule has 0 bridgehead atoms. The van der Waals surface area contributed by atoms with Crippen LogP contribution in [0.3, 0.4) is 0 Å². The third-order valence-electron chi connectivity index (χ3n) is 4.01. The number of hydrogen-bond donors (Lipinski definition) is 1. The lowest BCUT2D eigenvalue weighted by atomic mass is 10.1. The molecule has 0 aromatic carbocycles. The monoisotopic (exact) mass is 226 g/mol. The molecule has 2 fully saturated rings. The van der Waals surface area contributed by atoms with Gasteiger partial charge in [0.15, 0.2) is 0 Å². The second kappa shape index (κ2) is 5.45. The molecule has 0 aliphatic carbocycles. The maximum Gasteiger partial charge on any atom is 0.0345 e. The summed E-state index contributed by atoms with van der Waals surface area (Å²) < 4.78 is 0. The zero-order valence-electron chi connectivity index (χ0n) is 10.9. The molecule has 2 rings (SSSR count). The number of piperazine rings is 1. The van der Waals surface area contributed by atoms with Crippen LogP contribution in [-0.4, -0.2) is 87.2 Å². The number of likely N-dealkylation sites (tertiary alicyclic amines) is 1. The Balaban J connectivity index is 1.72. The van der Waals surface area contributed by atoms with Gasteiger partial charge in [-0.3, -0.25) is 4.90 Å². The zero-order chi connectivity index (χ0) is 11.5. The van der Waals surface area contributed by atoms with E-state index < -0.39 is 0 Å². The maximum atomic E-state index is 3.72. The standard InChI is InChI=1S/C12H26N4/c1-14-5-4-11(9-14)13-8-12-10-15(2)6-7-16(12)3/h11-13H,4-10H2,1-3H3. The van der Waals surface area contributed by atoms with E-state index >= 15 is 0 Å². The van der Waals surface area contributed by atoms with E-state index in [4.69, 9.17) is 0 Å². The number of nitrogens with one attached hydrogen (secondary N) is 1. The summed E-state index contributed by atoms with van der Waals surface area (Å²) in [5.41, 5.74) is 0. The van der Waals surface area contributed by atoms with Crippen molar-refractivity contribution in [2.24, 2.45) is 0 Å². The Kier molecular flexibility index (Phi) is 4.19. The third-order valence-corrected chi connectivity index (χ3v) is 4.01. The average Bonchev–Trinajstić information content (AvgIpc) is 2.66. The fourth-order valence-corrected chi connectivity index (χ4v) is 2.73. The van der Waals surface area contributed by atoms with Crippen LogP contribution in [0.1, 0.15) is 6.42 Å². The van der Waals surface area contributed by atoms with Crippen LogP contribution in [0.5, 0.6) is 0 Å². The van der Waals surface area contributed by atoms with E-state index in [9.17, 15) is 0 Å². The van der Waals surface area contributed by atoms with Crippen molar-refractivity contribution < 1.29 is 0 Å². The summed E-state index contributed by atoms with van der Waals surface area (Å²) in [7, 11) is 6.69. The van der Waals surface area contributed by atoms with Crippen molar-refractivity contribution in [1.82, 2.24) is 20.0 Å². The van der Waals surface area contributed by atoms with Gasteiger partial charge in [0.1, 0.15) is 0 Å². The van der Waals surface area contributed by atoms with Crippen molar-refractivity contribution in [2.45, 2.75) is 18.5 Å². The van der Waals surface area contributed by atoms with Crippen molar-refractivity contribution in [1.29, 1.82) is 0 Å². The summed E-state index contributed by atoms with van der Waals surface area (Å²) in [6, 6.07) is 1.40. The Hall–Kier alpha value is -0.160. The van der Waals surface area contributed by atoms with Gasteiger partial charge in [-0.05, 0) is 34.1 Å². The Morgan fingerprint density at radius 3 is 2.44 bits per heavy atom. The summed E-state index contributed by atoms with van der Waals surface area (Å²) in [5.74, 6) is 0. The van der Waals surface area contributed by atoms with Gasteiger partial charge >= 0.3 is 0 Å². The minimum atomic E-state index is 0.685. The minimum Gasteiger partial charge on any atom is -0.311 e. The normalized spacial score (nSPS) is 34.7. The summed E-state index contributed by atoms with van der Waals surface area (Å²) in [6.45, 7) is 7.21. The zero-order valence-corrected chi connectivity index (χ0v) is 10.9. The van der Waals surface area contributed by atoms with Crippen molar-refractivity contribution >= 4 is 0 Å². The average molecular weight is 226 g/mol. The highest BCUT2D eigenvalue weighted by Crippen LogP contribution is 2.08. The molecule has 16 heavy (non-hydrogen) atoms. The molecule has 0 spiro atoms. The van der Waals surface area contributed by atoms with E-state index in [-0.39, 0.29) is 0 Å². The van der Waals surface area contributed by atoms with Gasteiger partial charge < -0.3 is 15.1 Å². The molecule has 0 radical (unpaired) electrons. The fourth-order valence-electron chi connectivity index (χ4n) is 2.73. The van der Waals surface area contributed by atoms with Crippen LogP contribution >= 0.6 is 0 Å². The highest BCUT2D eigenvalue weighted by atomic mass is 15.3. The van der Waals surface area contributed by atoms with Crippen LogP contribution in [-0.2, 0) is 0 Å². The Bertz CT molecular complexity index is 221. The van der Waals surface area contributed by atoms with Crippen LogP contribution in [0.25, 0.3) is 0 Å². The molecular formula is C12H26N4. The van der Waals surface area contributed by atoms with Gasteiger partial charge in [-0.15, -0.1) is 0 Å². The van der Waals surface area contributed by atoms with E-state index in [1.807, 2.05) is 0 Å². The van der Waals surface area contributed by atoms with Gasteiger partial charge in [-0.2, -0.15) is 0 Å². The predicted molar refractivity (Wildman–Crippen MR) is 67.8 cm³/mol. The predicted octanol–water partition coefficient (Wildman–Crippen LogP) is -0.474. The van der Waals surface area contributed by atoms with E-state index in [0.717, 1.165) is 6.54 Å². The lowest BCUT2D eigenvalue weighted by molar-refractivity contribution is 0.111. The first-order valence-corrected chi connectivity index (χ1v) is 6.46. The fraction of sp³-hybridized carbons (Fsp3) is 1.00. The topological polar surface area (TPSA) is 21.8 Å². The van der Waals surface area contributed by atoms with Gasteiger partial charge in [-0.1, -0.05) is 0 Å². The quantitative estimate of drug-likeness (QED) is 0.702. The van der Waals surface area contributed by atoms with Gasteiger partial charge in [0.25, 0.3) is 0 Å². The first kappa shape index (κ1) is 12.3. The number of nitrogens with zero attached hydrogens (tertiary/aromatic N) is 3. The Morgan fingerprint density at radius 1 is 1.00 bits per heavy atom. The molecule has 0 saturated carbocycles. The third kappa shape index (κ3) is 3.17. The molecule has 2 aliphatic heterocycles. The first-order chi connectivity index (χ1) is 7.65. The van der Waals surface area contributed by atoms with Gasteiger partial charge in [0.2, 0.25) is 0 Å². The smallest absolute Gasteiger partial charge is 0.0345 e. The SMILES string of the molecule is CN1CCC(NCC2CN(C)CCN2C)C1. The molecule has 0 aromatic heterocycles. The van der Waals surface area contributed by atoms with Crippen molar-refractivity contribution in [2.75, 3.05) is 60.4 Å². The van der Waals surface area contributed by atoms with Crippen LogP contribution in [0.15, 0.2) is 0 Å². The number of hydrogen-bond acceptors (Lipinski definition) is 4. The van der Waals surface area contributed by atoms with Crippen molar-refractivity contribution in [3.05, 3.63) is 0 Å². The Labute approximate surface area is 99.6 Å². The van der Waals surface area contributed by atoms with E-state index in [0.29, 0.717) is 12.1 Å². The largest absolute Gasteiger partial charge is 0.311 e. The molecule has 0 aromatic rings. The van der Waals surface area contributed by atoms with Gasteiger partial charge in [0.05, 0.1) is 0 Å². The molecule has 0 amide bonds.